The van der Waals surface area contributed by atoms with Crippen LogP contribution in [0.4, 0.5) is 13.2 Å². The fourth-order valence-electron chi connectivity index (χ4n) is 2.96. The highest BCUT2D eigenvalue weighted by atomic mass is 19.4. The fourth-order valence-corrected chi connectivity index (χ4v) is 2.96. The molecule has 1 aliphatic carbocycles. The minimum absolute atomic E-state index is 0.0235. The molecule has 7 heteroatoms. The molecule has 0 aromatic heterocycles. The average Bonchev–Trinajstić information content (AvgIpc) is 2.70. The number of nitrogens with zero attached hydrogens (tertiary/aromatic N) is 1. The first kappa shape index (κ1) is 14.1. The summed E-state index contributed by atoms with van der Waals surface area (Å²) in [6, 6.07) is -0.226. The van der Waals surface area contributed by atoms with Crippen LogP contribution in [0.25, 0.3) is 0 Å². The normalized spacial score (nSPS) is 32.7. The molecule has 1 unspecified atom stereocenters. The van der Waals surface area contributed by atoms with Crippen molar-refractivity contribution in [3.05, 3.63) is 0 Å². The molecule has 108 valence electrons. The van der Waals surface area contributed by atoms with E-state index in [1.54, 1.807) is 0 Å². The molecule has 2 fully saturated rings. The van der Waals surface area contributed by atoms with Gasteiger partial charge in [0.25, 0.3) is 0 Å². The largest absolute Gasteiger partial charge is 0.481 e. The van der Waals surface area contributed by atoms with Crippen LogP contribution in [0.2, 0.25) is 0 Å². The minimum Gasteiger partial charge on any atom is -0.481 e. The zero-order chi connectivity index (χ0) is 14.2. The summed E-state index contributed by atoms with van der Waals surface area (Å²) >= 11 is 0. The molecular formula is C12H16F3NO3. The van der Waals surface area contributed by atoms with Gasteiger partial charge in [-0.2, -0.15) is 13.2 Å². The summed E-state index contributed by atoms with van der Waals surface area (Å²) in [7, 11) is 0. The van der Waals surface area contributed by atoms with Gasteiger partial charge in [-0.1, -0.05) is 0 Å². The van der Waals surface area contributed by atoms with Crippen molar-refractivity contribution in [3.63, 3.8) is 0 Å². The molecule has 19 heavy (non-hydrogen) atoms. The highest BCUT2D eigenvalue weighted by Crippen LogP contribution is 2.39. The maximum atomic E-state index is 12.5. The van der Waals surface area contributed by atoms with Gasteiger partial charge in [-0.25, -0.2) is 0 Å². The van der Waals surface area contributed by atoms with Crippen LogP contribution in [-0.2, 0) is 9.59 Å². The summed E-state index contributed by atoms with van der Waals surface area (Å²) in [5, 5.41) is 8.87. The Kier molecular flexibility index (Phi) is 3.73. The fraction of sp³-hybridized carbons (Fsp3) is 0.833. The Labute approximate surface area is 108 Å². The number of carboxylic acids is 1. The van der Waals surface area contributed by atoms with Crippen LogP contribution in [0.3, 0.4) is 0 Å². The number of hydrogen-bond acceptors (Lipinski definition) is 2. The van der Waals surface area contributed by atoms with Crippen LogP contribution in [0, 0.1) is 11.8 Å². The van der Waals surface area contributed by atoms with Gasteiger partial charge in [-0.05, 0) is 25.7 Å². The molecule has 0 aromatic rings. The van der Waals surface area contributed by atoms with Gasteiger partial charge < -0.3 is 10.0 Å². The Hall–Kier alpha value is -1.27. The monoisotopic (exact) mass is 279 g/mol. The smallest absolute Gasteiger partial charge is 0.391 e. The van der Waals surface area contributed by atoms with E-state index in [9.17, 15) is 22.8 Å². The summed E-state index contributed by atoms with van der Waals surface area (Å²) in [5.74, 6) is -3.26. The van der Waals surface area contributed by atoms with E-state index in [-0.39, 0.29) is 37.8 Å². The molecule has 1 N–H and O–H groups in total. The first-order valence-corrected chi connectivity index (χ1v) is 6.38. The second-order valence-electron chi connectivity index (χ2n) is 5.33. The first-order valence-electron chi connectivity index (χ1n) is 6.38. The molecule has 0 bridgehead atoms. The zero-order valence-corrected chi connectivity index (χ0v) is 10.3. The van der Waals surface area contributed by atoms with E-state index in [2.05, 4.69) is 0 Å². The van der Waals surface area contributed by atoms with Crippen molar-refractivity contribution in [2.45, 2.75) is 44.3 Å². The Balaban J connectivity index is 1.92. The summed E-state index contributed by atoms with van der Waals surface area (Å²) in [6.07, 6.45) is -3.53. The number of halogens is 3. The molecule has 2 rings (SSSR count). The number of aliphatic carboxylic acids is 1. The molecule has 2 aliphatic rings. The van der Waals surface area contributed by atoms with Crippen LogP contribution in [0.1, 0.15) is 32.1 Å². The van der Waals surface area contributed by atoms with Gasteiger partial charge in [0.05, 0.1) is 11.8 Å². The second-order valence-corrected chi connectivity index (χ2v) is 5.33. The van der Waals surface area contributed by atoms with E-state index in [0.717, 1.165) is 0 Å². The van der Waals surface area contributed by atoms with Crippen LogP contribution < -0.4 is 0 Å². The molecule has 1 saturated heterocycles. The van der Waals surface area contributed by atoms with E-state index in [1.807, 2.05) is 0 Å². The van der Waals surface area contributed by atoms with Gasteiger partial charge in [-0.3, -0.25) is 9.59 Å². The third-order valence-electron chi connectivity index (χ3n) is 4.11. The van der Waals surface area contributed by atoms with Crippen molar-refractivity contribution in [2.24, 2.45) is 11.8 Å². The maximum Gasteiger partial charge on any atom is 0.391 e. The van der Waals surface area contributed by atoms with Crippen molar-refractivity contribution in [1.29, 1.82) is 0 Å². The summed E-state index contributed by atoms with van der Waals surface area (Å²) < 4.78 is 37.6. The number of likely N-dealkylation sites (tertiary alicyclic amines) is 1. The predicted octanol–water partition coefficient (Wildman–Crippen LogP) is 2.04. The molecule has 4 nitrogen and oxygen atoms in total. The van der Waals surface area contributed by atoms with E-state index < -0.39 is 24.0 Å². The van der Waals surface area contributed by atoms with Crippen molar-refractivity contribution in [3.8, 4) is 0 Å². The summed E-state index contributed by atoms with van der Waals surface area (Å²) in [5.41, 5.74) is 0. The van der Waals surface area contributed by atoms with Crippen LogP contribution >= 0.6 is 0 Å². The van der Waals surface area contributed by atoms with E-state index >= 15 is 0 Å². The maximum absolute atomic E-state index is 12.5. The quantitative estimate of drug-likeness (QED) is 0.841. The van der Waals surface area contributed by atoms with E-state index in [4.69, 9.17) is 5.11 Å². The number of hydrogen-bond donors (Lipinski definition) is 1. The lowest BCUT2D eigenvalue weighted by molar-refractivity contribution is -0.184. The van der Waals surface area contributed by atoms with E-state index in [1.165, 1.54) is 4.90 Å². The number of amides is 1. The molecule has 0 aromatic carbocycles. The Bertz CT molecular complexity index is 375. The molecule has 0 radical (unpaired) electrons. The number of alkyl halides is 3. The van der Waals surface area contributed by atoms with Crippen molar-refractivity contribution < 1.29 is 27.9 Å². The van der Waals surface area contributed by atoms with Gasteiger partial charge >= 0.3 is 12.1 Å². The van der Waals surface area contributed by atoms with Gasteiger partial charge in [0.2, 0.25) is 5.91 Å². The van der Waals surface area contributed by atoms with Gasteiger partial charge in [0.1, 0.15) is 0 Å². The molecule has 1 aliphatic heterocycles. The molecule has 0 spiro atoms. The van der Waals surface area contributed by atoms with Crippen molar-refractivity contribution >= 4 is 11.9 Å². The molecular weight excluding hydrogens is 263 g/mol. The van der Waals surface area contributed by atoms with Crippen molar-refractivity contribution in [2.75, 3.05) is 6.54 Å². The lowest BCUT2D eigenvalue weighted by Gasteiger charge is -2.35. The van der Waals surface area contributed by atoms with Gasteiger partial charge in [0, 0.05) is 19.0 Å². The molecule has 1 saturated carbocycles. The Morgan fingerprint density at radius 3 is 2.21 bits per heavy atom. The second kappa shape index (κ2) is 5.02. The predicted molar refractivity (Wildman–Crippen MR) is 59.3 cm³/mol. The van der Waals surface area contributed by atoms with E-state index in [0.29, 0.717) is 12.8 Å². The Morgan fingerprint density at radius 2 is 1.79 bits per heavy atom. The van der Waals surface area contributed by atoms with Gasteiger partial charge in [-0.15, -0.1) is 0 Å². The Morgan fingerprint density at radius 1 is 1.21 bits per heavy atom. The lowest BCUT2D eigenvalue weighted by atomic mass is 9.85. The lowest BCUT2D eigenvalue weighted by Crippen LogP contribution is -2.41. The van der Waals surface area contributed by atoms with Crippen LogP contribution in [0.15, 0.2) is 0 Å². The topological polar surface area (TPSA) is 57.6 Å². The van der Waals surface area contributed by atoms with Gasteiger partial charge in [0.15, 0.2) is 0 Å². The van der Waals surface area contributed by atoms with Crippen molar-refractivity contribution in [1.82, 2.24) is 4.90 Å². The van der Waals surface area contributed by atoms with Crippen LogP contribution in [-0.4, -0.2) is 40.6 Å². The number of rotatable bonds is 2. The highest BCUT2D eigenvalue weighted by molar-refractivity contribution is 5.86. The molecule has 1 heterocycles. The molecule has 1 atom stereocenters. The number of carbonyl (C=O) groups is 2. The van der Waals surface area contributed by atoms with Crippen LogP contribution in [0.5, 0.6) is 0 Å². The third-order valence-corrected chi connectivity index (χ3v) is 4.11. The minimum atomic E-state index is -4.16. The third kappa shape index (κ3) is 3.01. The molecule has 1 amide bonds. The number of carboxylic acid groups (broad SMARTS) is 1. The standard InChI is InChI=1S/C12H16F3NO3/c13-12(14,15)8-1-3-9(4-2-8)16-6-7(11(18)19)5-10(16)17/h7-9H,1-6H2,(H,18,19). The highest BCUT2D eigenvalue weighted by Gasteiger charge is 2.44. The average molecular weight is 279 g/mol. The SMILES string of the molecule is O=C(O)C1CC(=O)N(C2CCC(C(F)(F)F)CC2)C1. The zero-order valence-electron chi connectivity index (χ0n) is 10.3. The number of carbonyl (C=O) groups excluding carboxylic acids is 1. The summed E-state index contributed by atoms with van der Waals surface area (Å²) in [6.45, 7) is 0.134. The summed E-state index contributed by atoms with van der Waals surface area (Å²) in [4.78, 5) is 24.0. The first-order chi connectivity index (χ1) is 8.79.